The number of nitrogens with one attached hydrogen (secondary N) is 1. The van der Waals surface area contributed by atoms with Crippen molar-refractivity contribution in [3.8, 4) is 0 Å². The van der Waals surface area contributed by atoms with Crippen molar-refractivity contribution in [2.75, 3.05) is 20.1 Å². The Morgan fingerprint density at radius 2 is 1.90 bits per heavy atom. The minimum absolute atomic E-state index is 0.293. The van der Waals surface area contributed by atoms with Gasteiger partial charge in [0.1, 0.15) is 5.76 Å². The summed E-state index contributed by atoms with van der Waals surface area (Å²) in [6.45, 7) is 3.53. The number of likely N-dealkylation sites (N-methyl/N-ethyl adjacent to an activating group) is 1. The highest BCUT2D eigenvalue weighted by Gasteiger charge is 2.13. The summed E-state index contributed by atoms with van der Waals surface area (Å²) in [6, 6.07) is 10.5. The molecule has 1 N–H and O–H groups in total. The Hall–Kier alpha value is -1.63. The summed E-state index contributed by atoms with van der Waals surface area (Å²) >= 11 is 0. The Bertz CT molecular complexity index is 649. The molecular weight excluding hydrogens is 288 g/mol. The first-order valence-corrected chi connectivity index (χ1v) is 8.23. The van der Waals surface area contributed by atoms with E-state index in [2.05, 4.69) is 4.72 Å². The SMILES string of the molecule is Cc1ccc(S(=O)(=O)NCCN(C)Cc2ccco2)cc1. The summed E-state index contributed by atoms with van der Waals surface area (Å²) in [7, 11) is -1.52. The molecule has 0 radical (unpaired) electrons. The molecule has 2 rings (SSSR count). The average molecular weight is 308 g/mol. The molecule has 0 aliphatic carbocycles. The van der Waals surface area contributed by atoms with Crippen LogP contribution in [0.1, 0.15) is 11.3 Å². The number of aryl methyl sites for hydroxylation is 1. The number of sulfonamides is 1. The third-order valence-corrected chi connectivity index (χ3v) is 4.60. The van der Waals surface area contributed by atoms with E-state index in [0.29, 0.717) is 24.5 Å². The Kier molecular flexibility index (Phi) is 5.17. The molecule has 0 amide bonds. The van der Waals surface area contributed by atoms with Crippen LogP contribution in [0.25, 0.3) is 0 Å². The van der Waals surface area contributed by atoms with Crippen LogP contribution in [0.2, 0.25) is 0 Å². The van der Waals surface area contributed by atoms with Crippen LogP contribution in [0, 0.1) is 6.92 Å². The van der Waals surface area contributed by atoms with Crippen molar-refractivity contribution in [3.63, 3.8) is 0 Å². The molecule has 0 fully saturated rings. The third kappa shape index (κ3) is 4.70. The molecule has 0 bridgehead atoms. The largest absolute Gasteiger partial charge is 0.468 e. The topological polar surface area (TPSA) is 62.6 Å². The Labute approximate surface area is 125 Å². The van der Waals surface area contributed by atoms with E-state index < -0.39 is 10.0 Å². The maximum atomic E-state index is 12.1. The maximum Gasteiger partial charge on any atom is 0.240 e. The van der Waals surface area contributed by atoms with E-state index in [0.717, 1.165) is 11.3 Å². The summed E-state index contributed by atoms with van der Waals surface area (Å²) in [5.74, 6) is 0.860. The van der Waals surface area contributed by atoms with Gasteiger partial charge in [-0.1, -0.05) is 17.7 Å². The van der Waals surface area contributed by atoms with Gasteiger partial charge in [-0.15, -0.1) is 0 Å². The first-order chi connectivity index (χ1) is 9.97. The van der Waals surface area contributed by atoms with Crippen LogP contribution in [-0.2, 0) is 16.6 Å². The van der Waals surface area contributed by atoms with E-state index in [4.69, 9.17) is 4.42 Å². The molecule has 0 unspecified atom stereocenters. The standard InChI is InChI=1S/C15H20N2O3S/c1-13-5-7-15(8-6-13)21(18,19)16-9-10-17(2)12-14-4-3-11-20-14/h3-8,11,16H,9-10,12H2,1-2H3. The molecule has 5 nitrogen and oxygen atoms in total. The molecule has 1 aromatic heterocycles. The molecule has 0 saturated carbocycles. The van der Waals surface area contributed by atoms with Crippen molar-refractivity contribution in [1.29, 1.82) is 0 Å². The van der Waals surface area contributed by atoms with Gasteiger partial charge in [-0.05, 0) is 38.2 Å². The second kappa shape index (κ2) is 6.89. The molecule has 1 aromatic carbocycles. The van der Waals surface area contributed by atoms with Crippen LogP contribution in [0.5, 0.6) is 0 Å². The predicted octanol–water partition coefficient (Wildman–Crippen LogP) is 2.00. The Morgan fingerprint density at radius 3 is 2.52 bits per heavy atom. The van der Waals surface area contributed by atoms with Gasteiger partial charge in [-0.3, -0.25) is 4.90 Å². The van der Waals surface area contributed by atoms with Crippen LogP contribution >= 0.6 is 0 Å². The number of hydrogen-bond donors (Lipinski definition) is 1. The molecular formula is C15H20N2O3S. The van der Waals surface area contributed by atoms with Crippen molar-refractivity contribution >= 4 is 10.0 Å². The van der Waals surface area contributed by atoms with Crippen molar-refractivity contribution in [3.05, 3.63) is 54.0 Å². The van der Waals surface area contributed by atoms with Crippen molar-refractivity contribution in [1.82, 2.24) is 9.62 Å². The summed E-state index contributed by atoms with van der Waals surface area (Å²) in [5.41, 5.74) is 1.03. The van der Waals surface area contributed by atoms with Crippen molar-refractivity contribution in [2.45, 2.75) is 18.4 Å². The van der Waals surface area contributed by atoms with E-state index in [1.165, 1.54) is 0 Å². The van der Waals surface area contributed by atoms with Gasteiger partial charge in [0.05, 0.1) is 17.7 Å². The highest BCUT2D eigenvalue weighted by Crippen LogP contribution is 2.09. The minimum atomic E-state index is -3.43. The molecule has 1 heterocycles. The number of hydrogen-bond acceptors (Lipinski definition) is 4. The van der Waals surface area contributed by atoms with Crippen molar-refractivity contribution < 1.29 is 12.8 Å². The van der Waals surface area contributed by atoms with Gasteiger partial charge < -0.3 is 4.42 Å². The average Bonchev–Trinajstić information content (AvgIpc) is 2.91. The van der Waals surface area contributed by atoms with Gasteiger partial charge in [0.2, 0.25) is 10.0 Å². The summed E-state index contributed by atoms with van der Waals surface area (Å²) in [4.78, 5) is 2.29. The monoisotopic (exact) mass is 308 g/mol. The van der Waals surface area contributed by atoms with Gasteiger partial charge in [0, 0.05) is 13.1 Å². The molecule has 114 valence electrons. The molecule has 0 spiro atoms. The fourth-order valence-electron chi connectivity index (χ4n) is 1.92. The van der Waals surface area contributed by atoms with Crippen LogP contribution in [0.4, 0.5) is 0 Å². The first-order valence-electron chi connectivity index (χ1n) is 6.74. The van der Waals surface area contributed by atoms with Gasteiger partial charge in [0.15, 0.2) is 0 Å². The van der Waals surface area contributed by atoms with E-state index >= 15 is 0 Å². The van der Waals surface area contributed by atoms with E-state index in [1.807, 2.05) is 31.0 Å². The molecule has 0 aliphatic rings. The fourth-order valence-corrected chi connectivity index (χ4v) is 2.94. The fraction of sp³-hybridized carbons (Fsp3) is 0.333. The molecule has 0 saturated heterocycles. The highest BCUT2D eigenvalue weighted by molar-refractivity contribution is 7.89. The lowest BCUT2D eigenvalue weighted by Crippen LogP contribution is -2.32. The number of nitrogens with zero attached hydrogens (tertiary/aromatic N) is 1. The van der Waals surface area contributed by atoms with Crippen molar-refractivity contribution in [2.24, 2.45) is 0 Å². The van der Waals surface area contributed by atoms with E-state index in [-0.39, 0.29) is 0 Å². The Morgan fingerprint density at radius 1 is 1.19 bits per heavy atom. The summed E-state index contributed by atoms with van der Waals surface area (Å²) in [6.07, 6.45) is 1.63. The maximum absolute atomic E-state index is 12.1. The highest BCUT2D eigenvalue weighted by atomic mass is 32.2. The number of furan rings is 1. The van der Waals surface area contributed by atoms with E-state index in [1.54, 1.807) is 30.5 Å². The van der Waals surface area contributed by atoms with Gasteiger partial charge in [0.25, 0.3) is 0 Å². The molecule has 0 aliphatic heterocycles. The van der Waals surface area contributed by atoms with Crippen LogP contribution in [0.15, 0.2) is 52.0 Å². The lowest BCUT2D eigenvalue weighted by molar-refractivity contribution is 0.299. The zero-order chi connectivity index (χ0) is 15.3. The van der Waals surface area contributed by atoms with Crippen LogP contribution < -0.4 is 4.72 Å². The predicted molar refractivity (Wildman–Crippen MR) is 81.4 cm³/mol. The minimum Gasteiger partial charge on any atom is -0.468 e. The summed E-state index contributed by atoms with van der Waals surface area (Å²) < 4.78 is 32.0. The second-order valence-electron chi connectivity index (χ2n) is 5.03. The lowest BCUT2D eigenvalue weighted by Gasteiger charge is -2.15. The van der Waals surface area contributed by atoms with Crippen LogP contribution in [-0.4, -0.2) is 33.5 Å². The lowest BCUT2D eigenvalue weighted by atomic mass is 10.2. The molecule has 2 aromatic rings. The molecule has 6 heteroatoms. The Balaban J connectivity index is 1.83. The van der Waals surface area contributed by atoms with E-state index in [9.17, 15) is 8.42 Å². The molecule has 0 atom stereocenters. The normalized spacial score (nSPS) is 12.0. The smallest absolute Gasteiger partial charge is 0.240 e. The van der Waals surface area contributed by atoms with Gasteiger partial charge >= 0.3 is 0 Å². The summed E-state index contributed by atoms with van der Waals surface area (Å²) in [5, 5.41) is 0. The van der Waals surface area contributed by atoms with Gasteiger partial charge in [-0.2, -0.15) is 0 Å². The zero-order valence-electron chi connectivity index (χ0n) is 12.2. The van der Waals surface area contributed by atoms with Gasteiger partial charge in [-0.25, -0.2) is 13.1 Å². The number of rotatable bonds is 7. The second-order valence-corrected chi connectivity index (χ2v) is 6.79. The molecule has 21 heavy (non-hydrogen) atoms. The van der Waals surface area contributed by atoms with Crippen LogP contribution in [0.3, 0.4) is 0 Å². The number of benzene rings is 1. The zero-order valence-corrected chi connectivity index (χ0v) is 13.1. The first kappa shape index (κ1) is 15.8. The quantitative estimate of drug-likeness (QED) is 0.850. The third-order valence-electron chi connectivity index (χ3n) is 3.12.